The summed E-state index contributed by atoms with van der Waals surface area (Å²) in [7, 11) is 0. The van der Waals surface area contributed by atoms with E-state index in [1.54, 1.807) is 0 Å². The molecule has 0 aromatic carbocycles. The van der Waals surface area contributed by atoms with Crippen molar-refractivity contribution >= 4 is 0 Å². The van der Waals surface area contributed by atoms with Gasteiger partial charge in [0.05, 0.1) is 13.2 Å². The van der Waals surface area contributed by atoms with E-state index in [9.17, 15) is 0 Å². The van der Waals surface area contributed by atoms with E-state index in [0.29, 0.717) is 17.8 Å². The summed E-state index contributed by atoms with van der Waals surface area (Å²) in [6.07, 6.45) is 12.7. The molecule has 0 N–H and O–H groups in total. The normalized spacial score (nSPS) is 41.8. The lowest BCUT2D eigenvalue weighted by Gasteiger charge is -2.37. The summed E-state index contributed by atoms with van der Waals surface area (Å²) in [5.74, 6) is 1.52. The molecule has 0 amide bonds. The molecule has 0 radical (unpaired) electrons. The molecule has 1 saturated heterocycles. The maximum absolute atomic E-state index is 6.03. The molecule has 3 rings (SSSR count). The Morgan fingerprint density at radius 2 is 2.06 bits per heavy atom. The highest BCUT2D eigenvalue weighted by Gasteiger charge is 2.50. The Hall–Kier alpha value is -0.600. The molecule has 2 fully saturated rings. The Labute approximate surface area is 104 Å². The number of hydrogen-bond acceptors (Lipinski definition) is 2. The molecule has 1 heterocycles. The molecule has 1 aliphatic heterocycles. The zero-order chi connectivity index (χ0) is 11.7. The Bertz CT molecular complexity index is 315. The Morgan fingerprint density at radius 1 is 1.24 bits per heavy atom. The van der Waals surface area contributed by atoms with Gasteiger partial charge < -0.3 is 9.47 Å². The van der Waals surface area contributed by atoms with Crippen LogP contribution in [0.5, 0.6) is 0 Å². The summed E-state index contributed by atoms with van der Waals surface area (Å²) < 4.78 is 12.1. The molecule has 2 heteroatoms. The third-order valence-electron chi connectivity index (χ3n) is 4.60. The SMILES string of the molecule is C=C[C@H]1C[C@H]2/C=C\CCCC3(OCCO3)[C@H]2C1. The van der Waals surface area contributed by atoms with Crippen molar-refractivity contribution in [3.63, 3.8) is 0 Å². The molecule has 3 aliphatic rings. The summed E-state index contributed by atoms with van der Waals surface area (Å²) in [6, 6.07) is 0. The zero-order valence-electron chi connectivity index (χ0n) is 10.4. The van der Waals surface area contributed by atoms with Crippen molar-refractivity contribution in [1.82, 2.24) is 0 Å². The van der Waals surface area contributed by atoms with Crippen molar-refractivity contribution in [3.8, 4) is 0 Å². The summed E-state index contributed by atoms with van der Waals surface area (Å²) in [4.78, 5) is 0. The van der Waals surface area contributed by atoms with Crippen molar-refractivity contribution in [1.29, 1.82) is 0 Å². The lowest BCUT2D eigenvalue weighted by atomic mass is 9.82. The van der Waals surface area contributed by atoms with Gasteiger partial charge in [-0.15, -0.1) is 6.58 Å². The van der Waals surface area contributed by atoms with Gasteiger partial charge in [-0.3, -0.25) is 0 Å². The molecule has 17 heavy (non-hydrogen) atoms. The van der Waals surface area contributed by atoms with Gasteiger partial charge in [-0.25, -0.2) is 0 Å². The van der Waals surface area contributed by atoms with Crippen LogP contribution in [0.2, 0.25) is 0 Å². The van der Waals surface area contributed by atoms with Gasteiger partial charge in [0.15, 0.2) is 5.79 Å². The van der Waals surface area contributed by atoms with Crippen LogP contribution in [0.4, 0.5) is 0 Å². The van der Waals surface area contributed by atoms with E-state index in [-0.39, 0.29) is 5.79 Å². The maximum atomic E-state index is 6.03. The zero-order valence-corrected chi connectivity index (χ0v) is 10.4. The molecule has 2 aliphatic carbocycles. The van der Waals surface area contributed by atoms with Crippen LogP contribution in [0.15, 0.2) is 24.8 Å². The maximum Gasteiger partial charge on any atom is 0.171 e. The van der Waals surface area contributed by atoms with Crippen molar-refractivity contribution in [2.24, 2.45) is 17.8 Å². The fourth-order valence-electron chi connectivity index (χ4n) is 3.77. The van der Waals surface area contributed by atoms with E-state index in [1.807, 2.05) is 0 Å². The van der Waals surface area contributed by atoms with E-state index >= 15 is 0 Å². The molecule has 94 valence electrons. The number of rotatable bonds is 1. The van der Waals surface area contributed by atoms with Gasteiger partial charge in [-0.2, -0.15) is 0 Å². The molecule has 2 nitrogen and oxygen atoms in total. The average Bonchev–Trinajstić information content (AvgIpc) is 2.93. The number of allylic oxidation sites excluding steroid dienone is 3. The first-order chi connectivity index (χ1) is 8.34. The van der Waals surface area contributed by atoms with Crippen LogP contribution in [0.1, 0.15) is 32.1 Å². The fourth-order valence-corrected chi connectivity index (χ4v) is 3.77. The molecule has 1 spiro atoms. The predicted octanol–water partition coefficient (Wildman–Crippen LogP) is 3.30. The molecular weight excluding hydrogens is 212 g/mol. The first-order valence-corrected chi connectivity index (χ1v) is 6.91. The molecular formula is C15H22O2. The summed E-state index contributed by atoms with van der Waals surface area (Å²) in [5.41, 5.74) is 0. The Balaban J connectivity index is 1.88. The van der Waals surface area contributed by atoms with Crippen LogP contribution in [0, 0.1) is 17.8 Å². The first-order valence-electron chi connectivity index (χ1n) is 6.91. The number of ether oxygens (including phenoxy) is 2. The monoisotopic (exact) mass is 234 g/mol. The summed E-state index contributed by atoms with van der Waals surface area (Å²) in [5, 5.41) is 0. The van der Waals surface area contributed by atoms with Crippen molar-refractivity contribution in [3.05, 3.63) is 24.8 Å². The molecule has 0 bridgehead atoms. The Kier molecular flexibility index (Phi) is 3.10. The Morgan fingerprint density at radius 3 is 2.82 bits per heavy atom. The average molecular weight is 234 g/mol. The predicted molar refractivity (Wildman–Crippen MR) is 67.5 cm³/mol. The topological polar surface area (TPSA) is 18.5 Å². The molecule has 0 unspecified atom stereocenters. The summed E-state index contributed by atoms with van der Waals surface area (Å²) >= 11 is 0. The van der Waals surface area contributed by atoms with Gasteiger partial charge in [0.1, 0.15) is 0 Å². The largest absolute Gasteiger partial charge is 0.347 e. The highest BCUT2D eigenvalue weighted by atomic mass is 16.7. The van der Waals surface area contributed by atoms with Crippen molar-refractivity contribution in [2.75, 3.05) is 13.2 Å². The van der Waals surface area contributed by atoms with Crippen LogP contribution in [0.25, 0.3) is 0 Å². The minimum Gasteiger partial charge on any atom is -0.347 e. The third kappa shape index (κ3) is 1.98. The summed E-state index contributed by atoms with van der Waals surface area (Å²) in [6.45, 7) is 5.50. The van der Waals surface area contributed by atoms with Gasteiger partial charge in [0.2, 0.25) is 0 Å². The fraction of sp³-hybridized carbons (Fsp3) is 0.733. The van der Waals surface area contributed by atoms with Gasteiger partial charge in [0, 0.05) is 12.3 Å². The van der Waals surface area contributed by atoms with Gasteiger partial charge in [0.25, 0.3) is 0 Å². The molecule has 0 aromatic rings. The van der Waals surface area contributed by atoms with Crippen LogP contribution < -0.4 is 0 Å². The van der Waals surface area contributed by atoms with E-state index in [1.165, 1.54) is 19.3 Å². The van der Waals surface area contributed by atoms with E-state index in [0.717, 1.165) is 26.1 Å². The highest BCUT2D eigenvalue weighted by molar-refractivity contribution is 5.06. The second kappa shape index (κ2) is 4.58. The second-order valence-electron chi connectivity index (χ2n) is 5.57. The molecule has 1 saturated carbocycles. The molecule has 3 atom stereocenters. The third-order valence-corrected chi connectivity index (χ3v) is 4.60. The lowest BCUT2D eigenvalue weighted by molar-refractivity contribution is -0.206. The minimum absolute atomic E-state index is 0.271. The van der Waals surface area contributed by atoms with Crippen LogP contribution in [-0.2, 0) is 9.47 Å². The second-order valence-corrected chi connectivity index (χ2v) is 5.57. The quantitative estimate of drug-likeness (QED) is 0.648. The van der Waals surface area contributed by atoms with Gasteiger partial charge >= 0.3 is 0 Å². The van der Waals surface area contributed by atoms with Gasteiger partial charge in [-0.05, 0) is 37.5 Å². The lowest BCUT2D eigenvalue weighted by Crippen LogP contribution is -2.41. The highest BCUT2D eigenvalue weighted by Crippen LogP contribution is 2.49. The minimum atomic E-state index is -0.271. The number of fused-ring (bicyclic) bond motifs is 2. The van der Waals surface area contributed by atoms with Crippen molar-refractivity contribution in [2.45, 2.75) is 37.9 Å². The van der Waals surface area contributed by atoms with Crippen LogP contribution in [0.3, 0.4) is 0 Å². The smallest absolute Gasteiger partial charge is 0.171 e. The van der Waals surface area contributed by atoms with Crippen LogP contribution in [-0.4, -0.2) is 19.0 Å². The van der Waals surface area contributed by atoms with E-state index < -0.39 is 0 Å². The van der Waals surface area contributed by atoms with E-state index in [2.05, 4.69) is 24.8 Å². The molecule has 0 aromatic heterocycles. The van der Waals surface area contributed by atoms with Crippen LogP contribution >= 0.6 is 0 Å². The van der Waals surface area contributed by atoms with Crippen molar-refractivity contribution < 1.29 is 9.47 Å². The first kappa shape index (κ1) is 11.5. The number of hydrogen-bond donors (Lipinski definition) is 0. The van der Waals surface area contributed by atoms with Gasteiger partial charge in [-0.1, -0.05) is 18.2 Å². The standard InChI is InChI=1S/C15H22O2/c1-2-12-10-13-6-4-3-5-7-15(14(13)11-12)16-8-9-17-15/h2,4,6,12-14H,1,3,5,7-11H2/b6-4-/t12-,13+,14-/m0/s1. The van der Waals surface area contributed by atoms with E-state index in [4.69, 9.17) is 9.47 Å².